The van der Waals surface area contributed by atoms with Crippen LogP contribution >= 0.6 is 23.5 Å². The average Bonchev–Trinajstić information content (AvgIpc) is 1.68. The number of anilines is 1. The summed E-state index contributed by atoms with van der Waals surface area (Å²) >= 11 is 0. The zero-order chi connectivity index (χ0) is 66.8. The van der Waals surface area contributed by atoms with Crippen molar-refractivity contribution in [2.24, 2.45) is 0 Å². The fraction of sp³-hybridized carbons (Fsp3) is 0.491. The van der Waals surface area contributed by atoms with Gasteiger partial charge < -0.3 is 73.6 Å². The first-order valence-electron chi connectivity index (χ1n) is 27.8. The number of rotatable bonds is 28. The van der Waals surface area contributed by atoms with Gasteiger partial charge in [-0.2, -0.15) is 17.0 Å². The molecule has 8 rings (SSSR count). The number of ether oxygens (including phenoxy) is 6. The lowest BCUT2D eigenvalue weighted by atomic mass is 9.78. The van der Waals surface area contributed by atoms with Crippen LogP contribution in [0.3, 0.4) is 0 Å². The van der Waals surface area contributed by atoms with Gasteiger partial charge in [0.1, 0.15) is 32.9 Å². The molecule has 0 bridgehead atoms. The van der Waals surface area contributed by atoms with Crippen molar-refractivity contribution < 1.29 is 120 Å². The number of carbonyl (C=O) groups is 2. The van der Waals surface area contributed by atoms with Crippen molar-refractivity contribution in [2.75, 3.05) is 77.9 Å². The molecule has 0 spiro atoms. The number of hydrogen-bond donors (Lipinski definition) is 11. The van der Waals surface area contributed by atoms with Crippen LogP contribution in [0.4, 0.5) is 5.69 Å². The first-order valence-corrected chi connectivity index (χ1v) is 35.1. The number of aliphatic hydroxyl groups is 1. The van der Waals surface area contributed by atoms with E-state index in [9.17, 15) is 73.7 Å². The third kappa shape index (κ3) is 16.9. The fourth-order valence-electron chi connectivity index (χ4n) is 10.2. The SMILES string of the molecule is CC1Nc2c(cc3c(c2S(=O)(=O)[O-])Oc2c(S(=O)(=O)O)c4c(cc2=C3c2ccc(C(=O)NCCOCCOCCOCCOCCC(=O)NCC#Cc3cn([C@H]5C[C@H](O)[C@@H](COP(=O)(O)OP(=O)(O)OP(=O)(O)O)O5)c(=O)[nH]c3=O)cc2)C(C)(C)C(C)[NH+]=4)C1(C)C. The van der Waals surface area contributed by atoms with Gasteiger partial charge in [-0.15, -0.1) is 0 Å². The molecule has 33 nitrogen and oxygen atoms in total. The number of nitrogens with zero attached hydrogens (tertiary/aromatic N) is 1. The quantitative estimate of drug-likeness (QED) is 0.0122. The molecule has 1 fully saturated rings. The molecule has 11 N–H and O–H groups in total. The van der Waals surface area contributed by atoms with Crippen LogP contribution < -0.4 is 47.5 Å². The molecule has 0 aliphatic carbocycles. The molecule has 1 aromatic heterocycles. The van der Waals surface area contributed by atoms with E-state index in [0.29, 0.717) is 22.3 Å². The maximum Gasteiger partial charge on any atom is 0.490 e. The Balaban J connectivity index is 0.733. The van der Waals surface area contributed by atoms with Crippen LogP contribution in [0, 0.1) is 11.8 Å². The molecule has 4 aliphatic heterocycles. The zero-order valence-corrected chi connectivity index (χ0v) is 53.8. The Morgan fingerprint density at radius 1 is 0.835 bits per heavy atom. The van der Waals surface area contributed by atoms with E-state index in [1.54, 1.807) is 24.3 Å². The van der Waals surface area contributed by atoms with Crippen LogP contribution in [-0.2, 0) is 86.4 Å². The summed E-state index contributed by atoms with van der Waals surface area (Å²) in [6.45, 7) is 11.6. The number of benzene rings is 3. The number of nitrogens with one attached hydrogen (secondary N) is 5. The maximum absolute atomic E-state index is 13.4. The highest BCUT2D eigenvalue weighted by molar-refractivity contribution is 7.86. The summed E-state index contributed by atoms with van der Waals surface area (Å²) in [6.07, 6.45) is -3.63. The van der Waals surface area contributed by atoms with E-state index >= 15 is 0 Å². The van der Waals surface area contributed by atoms with Crippen LogP contribution in [0.15, 0.2) is 62.0 Å². The molecule has 5 heterocycles. The Kier molecular flexibility index (Phi) is 21.8. The first-order chi connectivity index (χ1) is 42.4. The number of phosphoric ester groups is 1. The number of aromatic amines is 1. The average molecular weight is 1380 g/mol. The smallest absolute Gasteiger partial charge is 0.490 e. The number of hydrogen-bond acceptors (Lipinski definition) is 23. The van der Waals surface area contributed by atoms with Gasteiger partial charge in [0.25, 0.3) is 11.5 Å². The molecule has 4 aromatic rings. The minimum absolute atomic E-state index is 0.0332. The molecule has 0 saturated carbocycles. The van der Waals surface area contributed by atoms with E-state index in [-0.39, 0.29) is 130 Å². The molecule has 91 heavy (non-hydrogen) atoms. The molecular formula is C53H67N6O27P3S2. The predicted octanol–water partition coefficient (Wildman–Crippen LogP) is -1.14. The fourth-order valence-corrected chi connectivity index (χ4v) is 14.8. The second-order valence-corrected chi connectivity index (χ2v) is 29.3. The number of amides is 2. The van der Waals surface area contributed by atoms with Crippen molar-refractivity contribution in [1.82, 2.24) is 20.2 Å². The van der Waals surface area contributed by atoms with E-state index in [1.807, 2.05) is 46.5 Å². The molecule has 498 valence electrons. The Hall–Kier alpha value is -5.90. The number of carbonyl (C=O) groups excluding carboxylic acids is 2. The normalized spacial score (nSPS) is 20.9. The van der Waals surface area contributed by atoms with Crippen molar-refractivity contribution in [3.63, 3.8) is 0 Å². The standard InChI is InChI=1S/C53H67N6O27P3S2/c1-29-52(3,4)36-24-34-42(35-25-37-44(57-30(2)53(37,5)6)48(91(75,76)77)46(35)84-45(34)47(43(36)56-29)90(72,73)74)31-9-11-32(12-10-31)49(62)55-15-17-79-19-21-81-23-22-80-20-18-78-16-13-40(61)54-14-7-8-33-27-59(51(64)58-50(33)63)41-26-38(60)39(83-41)28-82-88(68,69)86-89(70,71)85-87(65,66)67/h9-12,24-25,27,29-30,38-39,41,56,60H,13-23,26,28H2,1-6H3,(H,54,61)(H,55,62)(H,68,69)(H,70,71)(H,58,63,64)(H2,65,66,67)(H,72,73,74)(H,75,76,77)/t29?,30?,38-,39+,41+/m0/s1. The van der Waals surface area contributed by atoms with E-state index < -0.39 is 118 Å². The van der Waals surface area contributed by atoms with Gasteiger partial charge in [-0.1, -0.05) is 37.8 Å². The number of aliphatic hydroxyl groups excluding tert-OH is 1. The highest BCUT2D eigenvalue weighted by atomic mass is 32.2. The molecule has 1 saturated heterocycles. The third-order valence-electron chi connectivity index (χ3n) is 15.5. The summed E-state index contributed by atoms with van der Waals surface area (Å²) in [4.78, 5) is 90.8. The Morgan fingerprint density at radius 3 is 2.08 bits per heavy atom. The summed E-state index contributed by atoms with van der Waals surface area (Å²) < 4.78 is 158. The van der Waals surface area contributed by atoms with Crippen molar-refractivity contribution in [3.8, 4) is 23.3 Å². The second kappa shape index (κ2) is 28.0. The number of phosphoric acid groups is 3. The number of H-pyrrole nitrogens is 1. The van der Waals surface area contributed by atoms with Crippen LogP contribution in [0.1, 0.15) is 98.8 Å². The van der Waals surface area contributed by atoms with Crippen LogP contribution in [-0.4, -0.2) is 169 Å². The van der Waals surface area contributed by atoms with E-state index in [0.717, 1.165) is 10.8 Å². The predicted molar refractivity (Wildman–Crippen MR) is 312 cm³/mol. The Labute approximate surface area is 519 Å². The lowest BCUT2D eigenvalue weighted by Crippen LogP contribution is -2.81. The highest BCUT2D eigenvalue weighted by Crippen LogP contribution is 2.66. The third-order valence-corrected chi connectivity index (χ3v) is 21.0. The van der Waals surface area contributed by atoms with E-state index in [2.05, 4.69) is 45.9 Å². The van der Waals surface area contributed by atoms with Gasteiger partial charge in [0.15, 0.2) is 17.5 Å². The van der Waals surface area contributed by atoms with Gasteiger partial charge >= 0.3 is 39.3 Å². The van der Waals surface area contributed by atoms with Crippen LogP contribution in [0.25, 0.3) is 5.57 Å². The summed E-state index contributed by atoms with van der Waals surface area (Å²) in [5, 5.41) is 19.1. The molecule has 4 unspecified atom stereocenters. The van der Waals surface area contributed by atoms with Crippen molar-refractivity contribution >= 4 is 66.8 Å². The minimum Gasteiger partial charge on any atom is -0.744 e. The molecule has 2 amide bonds. The first kappa shape index (κ1) is 71.0. The summed E-state index contributed by atoms with van der Waals surface area (Å²) in [7, 11) is -27.4. The Morgan fingerprint density at radius 2 is 1.46 bits per heavy atom. The highest BCUT2D eigenvalue weighted by Gasteiger charge is 2.48. The molecule has 3 aromatic carbocycles. The van der Waals surface area contributed by atoms with Gasteiger partial charge in [-0.05, 0) is 63.1 Å². The van der Waals surface area contributed by atoms with Gasteiger partial charge in [-0.3, -0.25) is 33.0 Å². The lowest BCUT2D eigenvalue weighted by molar-refractivity contribution is -0.539. The largest absolute Gasteiger partial charge is 0.744 e. The monoisotopic (exact) mass is 1380 g/mol. The van der Waals surface area contributed by atoms with Crippen molar-refractivity contribution in [1.29, 1.82) is 0 Å². The van der Waals surface area contributed by atoms with Crippen LogP contribution in [0.5, 0.6) is 11.5 Å². The number of aromatic nitrogens is 2. The summed E-state index contributed by atoms with van der Waals surface area (Å²) in [5.41, 5.74) is -1.27. The van der Waals surface area contributed by atoms with E-state index in [1.165, 1.54) is 12.1 Å². The maximum atomic E-state index is 13.4. The molecule has 4 aliphatic rings. The lowest BCUT2D eigenvalue weighted by Gasteiger charge is -2.29. The van der Waals surface area contributed by atoms with Crippen molar-refractivity contribution in [2.45, 2.75) is 106 Å². The zero-order valence-electron chi connectivity index (χ0n) is 49.5. The molecule has 38 heteroatoms. The minimum atomic E-state index is -5.81. The summed E-state index contributed by atoms with van der Waals surface area (Å²) in [5.74, 6) is 3.38. The topological polar surface area (TPSA) is 486 Å². The van der Waals surface area contributed by atoms with Gasteiger partial charge in [0.05, 0.1) is 83.2 Å². The second-order valence-electron chi connectivity index (χ2n) is 22.2. The van der Waals surface area contributed by atoms with Crippen LogP contribution in [0.2, 0.25) is 0 Å². The molecule has 7 atom stereocenters. The summed E-state index contributed by atoms with van der Waals surface area (Å²) in [6, 6.07) is 9.11. The van der Waals surface area contributed by atoms with E-state index in [4.69, 9.17) is 38.2 Å². The number of fused-ring (bicyclic) bond motifs is 4. The Bertz CT molecular complexity index is 4200. The van der Waals surface area contributed by atoms with Crippen molar-refractivity contribution in [3.05, 3.63) is 107 Å². The molecule has 0 radical (unpaired) electrons. The van der Waals surface area contributed by atoms with Gasteiger partial charge in [-0.25, -0.2) is 31.9 Å². The molecular weight excluding hydrogens is 1310 g/mol. The van der Waals surface area contributed by atoms with Gasteiger partial charge in [0, 0.05) is 64.5 Å². The van der Waals surface area contributed by atoms with Gasteiger partial charge in [0.2, 0.25) is 16.2 Å².